The fourth-order valence-electron chi connectivity index (χ4n) is 2.51. The highest BCUT2D eigenvalue weighted by molar-refractivity contribution is 7.80. The van der Waals surface area contributed by atoms with Crippen LogP contribution in [0, 0.1) is 0 Å². The molecule has 0 bridgehead atoms. The van der Waals surface area contributed by atoms with E-state index in [9.17, 15) is 8.42 Å². The smallest absolute Gasteiger partial charge is 0.304 e. The molecular formula is C18H41NO4S. The Balaban J connectivity index is 0. The number of hydrogen-bond donors (Lipinski definition) is 1. The normalized spacial score (nSPS) is 11.4. The summed E-state index contributed by atoms with van der Waals surface area (Å²) in [4.78, 5) is 2.53. The van der Waals surface area contributed by atoms with Crippen LogP contribution in [0.15, 0.2) is 0 Å². The minimum Gasteiger partial charge on any atom is -0.304 e. The Hall–Kier alpha value is -0.170. The lowest BCUT2D eigenvalue weighted by molar-refractivity contribution is 0.283. The van der Waals surface area contributed by atoms with Crippen molar-refractivity contribution in [1.82, 2.24) is 4.90 Å². The van der Waals surface area contributed by atoms with Crippen LogP contribution in [0.1, 0.15) is 91.9 Å². The maximum atomic E-state index is 9.56. The molecule has 0 aliphatic heterocycles. The molecule has 0 amide bonds. The van der Waals surface area contributed by atoms with Crippen LogP contribution in [0.5, 0.6) is 0 Å². The summed E-state index contributed by atoms with van der Waals surface area (Å²) in [7, 11) is -4.17. The molecule has 24 heavy (non-hydrogen) atoms. The van der Waals surface area contributed by atoms with Crippen LogP contribution in [0.25, 0.3) is 0 Å². The first-order chi connectivity index (χ1) is 11.4. The van der Waals surface area contributed by atoms with Crippen LogP contribution >= 0.6 is 0 Å². The topological polar surface area (TPSA) is 66.8 Å². The van der Waals surface area contributed by atoms with Gasteiger partial charge in [-0.05, 0) is 33.0 Å². The fraction of sp³-hybridized carbons (Fsp3) is 1.00. The summed E-state index contributed by atoms with van der Waals surface area (Å²) in [5.41, 5.74) is 0. The molecule has 0 fully saturated rings. The zero-order valence-electron chi connectivity index (χ0n) is 16.4. The first-order valence-corrected chi connectivity index (χ1v) is 11.1. The molecule has 1 N–H and O–H groups in total. The number of hydrogen-bond acceptors (Lipinski definition) is 4. The molecule has 0 aromatic rings. The zero-order chi connectivity index (χ0) is 18.7. The summed E-state index contributed by atoms with van der Waals surface area (Å²) in [6.07, 6.45) is 14.4. The van der Waals surface area contributed by atoms with Gasteiger partial charge in [-0.25, -0.2) is 4.18 Å². The van der Waals surface area contributed by atoms with Gasteiger partial charge in [-0.3, -0.25) is 4.55 Å². The lowest BCUT2D eigenvalue weighted by Crippen LogP contribution is -2.23. The van der Waals surface area contributed by atoms with Crippen molar-refractivity contribution in [2.45, 2.75) is 91.9 Å². The highest BCUT2D eigenvalue weighted by Crippen LogP contribution is 2.10. The van der Waals surface area contributed by atoms with Gasteiger partial charge >= 0.3 is 10.4 Å². The van der Waals surface area contributed by atoms with Crippen LogP contribution in [-0.4, -0.2) is 44.1 Å². The molecule has 0 aromatic heterocycles. The molecule has 148 valence electrons. The molecule has 0 saturated heterocycles. The second kappa shape index (κ2) is 19.2. The van der Waals surface area contributed by atoms with E-state index in [1.807, 2.05) is 0 Å². The van der Waals surface area contributed by atoms with Gasteiger partial charge in [0, 0.05) is 0 Å². The van der Waals surface area contributed by atoms with Gasteiger partial charge in [0.25, 0.3) is 0 Å². The van der Waals surface area contributed by atoms with E-state index in [2.05, 4.69) is 29.9 Å². The van der Waals surface area contributed by atoms with Crippen molar-refractivity contribution in [3.8, 4) is 0 Å². The largest absolute Gasteiger partial charge is 0.397 e. The molecule has 0 rings (SSSR count). The molecular weight excluding hydrogens is 326 g/mol. The molecule has 0 spiro atoms. The Morgan fingerprint density at radius 3 is 1.46 bits per heavy atom. The summed E-state index contributed by atoms with van der Waals surface area (Å²) < 4.78 is 30.7. The van der Waals surface area contributed by atoms with Gasteiger partial charge in [0.15, 0.2) is 0 Å². The van der Waals surface area contributed by atoms with Gasteiger partial charge in [0.2, 0.25) is 0 Å². The third-order valence-electron chi connectivity index (χ3n) is 3.99. The predicted octanol–water partition coefficient (Wildman–Crippen LogP) is 5.07. The highest BCUT2D eigenvalue weighted by Gasteiger charge is 1.98. The van der Waals surface area contributed by atoms with Crippen LogP contribution < -0.4 is 0 Å². The van der Waals surface area contributed by atoms with Crippen molar-refractivity contribution in [2.75, 3.05) is 26.2 Å². The number of rotatable bonds is 15. The lowest BCUT2D eigenvalue weighted by Gasteiger charge is -2.17. The van der Waals surface area contributed by atoms with E-state index in [0.29, 0.717) is 0 Å². The van der Waals surface area contributed by atoms with Crippen LogP contribution in [-0.2, 0) is 14.6 Å². The average molecular weight is 368 g/mol. The molecule has 0 aromatic carbocycles. The lowest BCUT2D eigenvalue weighted by atomic mass is 10.1. The maximum absolute atomic E-state index is 9.56. The number of unbranched alkanes of at least 4 members (excludes halogenated alkanes) is 9. The molecule has 0 atom stereocenters. The summed E-state index contributed by atoms with van der Waals surface area (Å²) in [6, 6.07) is 0. The molecule has 0 unspecified atom stereocenters. The zero-order valence-corrected chi connectivity index (χ0v) is 17.2. The van der Waals surface area contributed by atoms with Gasteiger partial charge in [0.05, 0.1) is 6.61 Å². The molecule has 0 radical (unpaired) electrons. The van der Waals surface area contributed by atoms with E-state index < -0.39 is 10.4 Å². The Morgan fingerprint density at radius 1 is 0.750 bits per heavy atom. The fourth-order valence-corrected chi connectivity index (χ4v) is 2.81. The van der Waals surface area contributed by atoms with Gasteiger partial charge in [-0.1, -0.05) is 78.6 Å². The van der Waals surface area contributed by atoms with Crippen LogP contribution in [0.4, 0.5) is 0 Å². The quantitative estimate of drug-likeness (QED) is 0.323. The van der Waals surface area contributed by atoms with Gasteiger partial charge in [-0.15, -0.1) is 0 Å². The molecule has 0 saturated carbocycles. The monoisotopic (exact) mass is 367 g/mol. The molecule has 0 heterocycles. The summed E-state index contributed by atoms with van der Waals surface area (Å²) in [5.74, 6) is 0. The van der Waals surface area contributed by atoms with E-state index in [0.717, 1.165) is 0 Å². The first kappa shape index (κ1) is 26.1. The minimum absolute atomic E-state index is 0.0289. The molecule has 0 aliphatic rings. The third kappa shape index (κ3) is 24.1. The second-order valence-electron chi connectivity index (χ2n) is 6.04. The summed E-state index contributed by atoms with van der Waals surface area (Å²) in [5, 5.41) is 0. The Bertz CT molecular complexity index is 330. The van der Waals surface area contributed by atoms with E-state index in [1.165, 1.54) is 90.8 Å². The van der Waals surface area contributed by atoms with Crippen LogP contribution in [0.2, 0.25) is 0 Å². The molecule has 5 nitrogen and oxygen atoms in total. The Morgan fingerprint density at radius 2 is 1.17 bits per heavy atom. The highest BCUT2D eigenvalue weighted by atomic mass is 32.3. The Labute approximate surface area is 151 Å². The minimum atomic E-state index is -4.17. The summed E-state index contributed by atoms with van der Waals surface area (Å²) >= 11 is 0. The van der Waals surface area contributed by atoms with Gasteiger partial charge in [-0.2, -0.15) is 8.42 Å². The Kier molecular flexibility index (Phi) is 20.8. The van der Waals surface area contributed by atoms with Crippen LogP contribution in [0.3, 0.4) is 0 Å². The van der Waals surface area contributed by atoms with Crippen molar-refractivity contribution in [3.63, 3.8) is 0 Å². The predicted molar refractivity (Wildman–Crippen MR) is 103 cm³/mol. The van der Waals surface area contributed by atoms with E-state index >= 15 is 0 Å². The van der Waals surface area contributed by atoms with E-state index in [4.69, 9.17) is 4.55 Å². The maximum Gasteiger partial charge on any atom is 0.397 e. The number of nitrogens with zero attached hydrogens (tertiary/aromatic N) is 1. The van der Waals surface area contributed by atoms with Gasteiger partial charge < -0.3 is 4.90 Å². The average Bonchev–Trinajstić information content (AvgIpc) is 2.52. The second-order valence-corrected chi connectivity index (χ2v) is 7.13. The van der Waals surface area contributed by atoms with Crippen molar-refractivity contribution in [1.29, 1.82) is 0 Å². The standard InChI is InChI=1S/C16H35N.C2H6O4S/c1-4-7-8-9-10-11-12-13-14-15-16-17(5-2)6-3;1-2-6-7(3,4)5/h4-16H2,1-3H3;2H2,1H3,(H,3,4,5). The summed E-state index contributed by atoms with van der Waals surface area (Å²) in [6.45, 7) is 12.0. The van der Waals surface area contributed by atoms with Crippen molar-refractivity contribution < 1.29 is 17.2 Å². The molecule has 6 heteroatoms. The third-order valence-corrected chi connectivity index (χ3v) is 4.52. The van der Waals surface area contributed by atoms with E-state index in [-0.39, 0.29) is 6.61 Å². The van der Waals surface area contributed by atoms with E-state index in [1.54, 1.807) is 0 Å². The molecule has 0 aliphatic carbocycles. The van der Waals surface area contributed by atoms with Gasteiger partial charge in [0.1, 0.15) is 0 Å². The van der Waals surface area contributed by atoms with Crippen molar-refractivity contribution in [2.24, 2.45) is 0 Å². The van der Waals surface area contributed by atoms with Crippen molar-refractivity contribution >= 4 is 10.4 Å². The SMILES string of the molecule is CCCCCCCCCCCCN(CC)CC.CCOS(=O)(=O)O. The first-order valence-electron chi connectivity index (χ1n) is 9.75. The van der Waals surface area contributed by atoms with Crippen molar-refractivity contribution in [3.05, 3.63) is 0 Å².